The summed E-state index contributed by atoms with van der Waals surface area (Å²) < 4.78 is 25.8. The Balaban J connectivity index is 1.52. The Bertz CT molecular complexity index is 927. The van der Waals surface area contributed by atoms with Crippen LogP contribution in [0, 0.1) is 5.82 Å². The summed E-state index contributed by atoms with van der Waals surface area (Å²) >= 11 is 0. The lowest BCUT2D eigenvalue weighted by Gasteiger charge is -2.31. The lowest BCUT2D eigenvalue weighted by Crippen LogP contribution is -2.28. The fourth-order valence-electron chi connectivity index (χ4n) is 3.35. The lowest BCUT2D eigenvalue weighted by atomic mass is 9.93. The van der Waals surface area contributed by atoms with Crippen LogP contribution in [0.25, 0.3) is 0 Å². The van der Waals surface area contributed by atoms with Crippen LogP contribution in [0.3, 0.4) is 0 Å². The maximum Gasteiger partial charge on any atom is 0.243 e. The minimum absolute atomic E-state index is 0.00283. The van der Waals surface area contributed by atoms with E-state index in [1.165, 1.54) is 12.1 Å². The molecule has 0 saturated heterocycles. The van der Waals surface area contributed by atoms with Crippen LogP contribution in [-0.2, 0) is 0 Å². The van der Waals surface area contributed by atoms with Crippen molar-refractivity contribution in [3.05, 3.63) is 59.4 Å². The first-order valence-corrected chi connectivity index (χ1v) is 7.97. The summed E-state index contributed by atoms with van der Waals surface area (Å²) in [5, 5.41) is 15.3. The van der Waals surface area contributed by atoms with Gasteiger partial charge in [-0.3, -0.25) is 0 Å². The van der Waals surface area contributed by atoms with Gasteiger partial charge in [0.15, 0.2) is 11.5 Å². The number of halogens is 1. The number of benzene rings is 2. The largest absolute Gasteiger partial charge is 0.454 e. The Morgan fingerprint density at radius 1 is 1.04 bits per heavy atom. The van der Waals surface area contributed by atoms with E-state index in [0.29, 0.717) is 5.95 Å². The van der Waals surface area contributed by atoms with Gasteiger partial charge in [-0.05, 0) is 52.2 Å². The van der Waals surface area contributed by atoms with E-state index in [4.69, 9.17) is 9.47 Å². The second-order valence-electron chi connectivity index (χ2n) is 6.06. The summed E-state index contributed by atoms with van der Waals surface area (Å²) in [7, 11) is 0. The third kappa shape index (κ3) is 2.37. The quantitative estimate of drug-likeness (QED) is 0.774. The Hall–Kier alpha value is -3.16. The van der Waals surface area contributed by atoms with Gasteiger partial charge in [0, 0.05) is 0 Å². The number of ether oxygens (including phenoxy) is 2. The van der Waals surface area contributed by atoms with Gasteiger partial charge in [0.1, 0.15) is 5.82 Å². The lowest BCUT2D eigenvalue weighted by molar-refractivity contribution is 0.174. The molecule has 1 aromatic heterocycles. The summed E-state index contributed by atoms with van der Waals surface area (Å²) in [4.78, 5) is 0. The van der Waals surface area contributed by atoms with Crippen molar-refractivity contribution in [3.8, 4) is 11.5 Å². The van der Waals surface area contributed by atoms with Gasteiger partial charge in [0.05, 0.1) is 12.1 Å². The molecule has 2 aromatic carbocycles. The molecule has 0 amide bonds. The molecule has 2 unspecified atom stereocenters. The molecular weight excluding hydrogens is 325 g/mol. The number of fused-ring (bicyclic) bond motifs is 2. The molecule has 8 heteroatoms. The van der Waals surface area contributed by atoms with Crippen LogP contribution in [0.15, 0.2) is 42.5 Å². The molecule has 1 N–H and O–H groups in total. The first-order valence-electron chi connectivity index (χ1n) is 7.97. The van der Waals surface area contributed by atoms with Crippen molar-refractivity contribution in [2.75, 3.05) is 12.1 Å². The smallest absolute Gasteiger partial charge is 0.243 e. The molecule has 3 aromatic rings. The maximum absolute atomic E-state index is 13.3. The van der Waals surface area contributed by atoms with Crippen molar-refractivity contribution < 1.29 is 13.9 Å². The van der Waals surface area contributed by atoms with E-state index in [1.54, 1.807) is 16.8 Å². The number of hydrogen-bond donors (Lipinski definition) is 1. The van der Waals surface area contributed by atoms with Crippen molar-refractivity contribution >= 4 is 5.95 Å². The maximum atomic E-state index is 13.3. The number of anilines is 1. The molecular formula is C17H14FN5O2. The van der Waals surface area contributed by atoms with E-state index in [-0.39, 0.29) is 24.7 Å². The van der Waals surface area contributed by atoms with E-state index in [9.17, 15) is 4.39 Å². The van der Waals surface area contributed by atoms with Gasteiger partial charge < -0.3 is 14.8 Å². The molecule has 2 atom stereocenters. The van der Waals surface area contributed by atoms with Gasteiger partial charge >= 0.3 is 0 Å². The summed E-state index contributed by atoms with van der Waals surface area (Å²) in [6.45, 7) is 0.243. The molecule has 0 spiro atoms. The van der Waals surface area contributed by atoms with Crippen LogP contribution in [0.5, 0.6) is 11.5 Å². The summed E-state index contributed by atoms with van der Waals surface area (Å²) in [5.74, 6) is 1.81. The monoisotopic (exact) mass is 339 g/mol. The van der Waals surface area contributed by atoms with Crippen molar-refractivity contribution in [3.63, 3.8) is 0 Å². The van der Waals surface area contributed by atoms with Crippen LogP contribution < -0.4 is 14.8 Å². The molecule has 5 rings (SSSR count). The topological polar surface area (TPSA) is 74.1 Å². The van der Waals surface area contributed by atoms with Crippen molar-refractivity contribution in [2.45, 2.75) is 18.5 Å². The molecule has 7 nitrogen and oxygen atoms in total. The van der Waals surface area contributed by atoms with Crippen LogP contribution in [0.4, 0.5) is 10.3 Å². The zero-order valence-electron chi connectivity index (χ0n) is 13.1. The van der Waals surface area contributed by atoms with Crippen LogP contribution >= 0.6 is 0 Å². The summed E-state index contributed by atoms with van der Waals surface area (Å²) in [6, 6.07) is 12.3. The fraction of sp³-hybridized carbons (Fsp3) is 0.235. The normalized spacial score (nSPS) is 20.8. The van der Waals surface area contributed by atoms with Gasteiger partial charge in [-0.2, -0.15) is 0 Å². The molecule has 3 heterocycles. The average Bonchev–Trinajstić information content (AvgIpc) is 3.29. The highest BCUT2D eigenvalue weighted by Gasteiger charge is 2.31. The predicted octanol–water partition coefficient (Wildman–Crippen LogP) is 2.69. The third-order valence-corrected chi connectivity index (χ3v) is 4.60. The van der Waals surface area contributed by atoms with Crippen molar-refractivity contribution in [2.24, 2.45) is 0 Å². The molecule has 25 heavy (non-hydrogen) atoms. The summed E-state index contributed by atoms with van der Waals surface area (Å²) in [6.07, 6.45) is 0.726. The fourth-order valence-corrected chi connectivity index (χ4v) is 3.35. The summed E-state index contributed by atoms with van der Waals surface area (Å²) in [5.41, 5.74) is 2.02. The molecule has 0 saturated carbocycles. The van der Waals surface area contributed by atoms with E-state index in [0.717, 1.165) is 29.0 Å². The molecule has 2 aliphatic heterocycles. The first kappa shape index (κ1) is 14.2. The zero-order valence-corrected chi connectivity index (χ0v) is 13.1. The first-order chi connectivity index (χ1) is 12.3. The van der Waals surface area contributed by atoms with Gasteiger partial charge in [0.2, 0.25) is 12.7 Å². The number of nitrogens with zero attached hydrogens (tertiary/aromatic N) is 4. The highest BCUT2D eigenvalue weighted by atomic mass is 19.1. The van der Waals surface area contributed by atoms with Crippen molar-refractivity contribution in [1.82, 2.24) is 20.2 Å². The van der Waals surface area contributed by atoms with Gasteiger partial charge in [-0.1, -0.05) is 23.3 Å². The van der Waals surface area contributed by atoms with E-state index < -0.39 is 0 Å². The number of tetrazole rings is 1. The zero-order chi connectivity index (χ0) is 16.8. The molecule has 126 valence electrons. The third-order valence-electron chi connectivity index (χ3n) is 4.60. The Morgan fingerprint density at radius 2 is 1.84 bits per heavy atom. The highest BCUT2D eigenvalue weighted by molar-refractivity contribution is 5.47. The molecule has 2 aliphatic rings. The highest BCUT2D eigenvalue weighted by Crippen LogP contribution is 2.40. The SMILES string of the molecule is Fc1ccc(C2CC(c3ccc4c(c3)OCO4)Nc3nnnn32)cc1. The van der Waals surface area contributed by atoms with Crippen LogP contribution in [0.1, 0.15) is 29.6 Å². The Labute approximate surface area is 142 Å². The molecule has 0 radical (unpaired) electrons. The minimum Gasteiger partial charge on any atom is -0.454 e. The van der Waals surface area contributed by atoms with Crippen LogP contribution in [0.2, 0.25) is 0 Å². The molecule has 0 fully saturated rings. The second kappa shape index (κ2) is 5.44. The Morgan fingerprint density at radius 3 is 2.72 bits per heavy atom. The second-order valence-corrected chi connectivity index (χ2v) is 6.06. The van der Waals surface area contributed by atoms with Crippen molar-refractivity contribution in [1.29, 1.82) is 0 Å². The van der Waals surface area contributed by atoms with E-state index in [1.807, 2.05) is 18.2 Å². The molecule has 0 aliphatic carbocycles. The van der Waals surface area contributed by atoms with Crippen LogP contribution in [-0.4, -0.2) is 27.0 Å². The predicted molar refractivity (Wildman–Crippen MR) is 85.9 cm³/mol. The standard InChI is InChI=1S/C17H14FN5O2/c18-12-4-1-10(2-5-12)14-8-13(19-17-20-21-22-23(14)17)11-3-6-15-16(7-11)25-9-24-15/h1-7,13-14H,8-9H2,(H,19,20,22). The number of hydrogen-bond acceptors (Lipinski definition) is 6. The van der Waals surface area contributed by atoms with E-state index >= 15 is 0 Å². The van der Waals surface area contributed by atoms with Gasteiger partial charge in [-0.25, -0.2) is 9.07 Å². The molecule has 0 bridgehead atoms. The van der Waals surface area contributed by atoms with E-state index in [2.05, 4.69) is 20.8 Å². The number of nitrogens with one attached hydrogen (secondary N) is 1. The Kier molecular flexibility index (Phi) is 3.09. The number of aromatic nitrogens is 4. The number of rotatable bonds is 2. The van der Waals surface area contributed by atoms with Gasteiger partial charge in [0.25, 0.3) is 0 Å². The average molecular weight is 339 g/mol. The van der Waals surface area contributed by atoms with Gasteiger partial charge in [-0.15, -0.1) is 0 Å². The minimum atomic E-state index is -0.262.